The maximum Gasteiger partial charge on any atom is 0.326 e. The molecule has 2 rings (SSSR count). The van der Waals surface area contributed by atoms with Gasteiger partial charge in [-0.3, -0.25) is 0 Å². The number of hydrogen-bond acceptors (Lipinski definition) is 3. The van der Waals surface area contributed by atoms with E-state index in [1.54, 1.807) is 13.2 Å². The van der Waals surface area contributed by atoms with Gasteiger partial charge in [-0.05, 0) is 36.8 Å². The predicted octanol–water partition coefficient (Wildman–Crippen LogP) is 1.86. The number of rotatable bonds is 7. The number of carboxylic acid groups (broad SMARTS) is 1. The highest BCUT2D eigenvalue weighted by Gasteiger charge is 2.37. The summed E-state index contributed by atoms with van der Waals surface area (Å²) in [5, 5.41) is 14.4. The molecule has 1 aliphatic rings. The molecule has 1 aliphatic carbocycles. The number of anilines is 1. The number of hydrogen-bond donors (Lipinski definition) is 3. The number of methoxy groups -OCH3 is 1. The fourth-order valence-corrected chi connectivity index (χ4v) is 2.18. The first-order valence-electron chi connectivity index (χ1n) is 6.99. The van der Waals surface area contributed by atoms with E-state index < -0.39 is 18.0 Å². The van der Waals surface area contributed by atoms with Crippen LogP contribution in [0.1, 0.15) is 18.4 Å². The summed E-state index contributed by atoms with van der Waals surface area (Å²) in [4.78, 5) is 23.1. The Morgan fingerprint density at radius 2 is 2.10 bits per heavy atom. The molecule has 1 unspecified atom stereocenters. The largest absolute Gasteiger partial charge is 0.480 e. The van der Waals surface area contributed by atoms with Crippen LogP contribution in [0.15, 0.2) is 24.3 Å². The molecule has 0 aromatic heterocycles. The third-order valence-electron chi connectivity index (χ3n) is 3.49. The summed E-state index contributed by atoms with van der Waals surface area (Å²) in [5.74, 6) is -0.933. The van der Waals surface area contributed by atoms with Gasteiger partial charge in [0.1, 0.15) is 6.04 Å². The van der Waals surface area contributed by atoms with Gasteiger partial charge in [0.25, 0.3) is 0 Å². The van der Waals surface area contributed by atoms with Crippen molar-refractivity contribution in [1.29, 1.82) is 0 Å². The van der Waals surface area contributed by atoms with Crippen LogP contribution in [0.2, 0.25) is 0 Å². The molecule has 0 heterocycles. The van der Waals surface area contributed by atoms with Gasteiger partial charge < -0.3 is 20.5 Å². The van der Waals surface area contributed by atoms with Crippen LogP contribution in [0.5, 0.6) is 0 Å². The summed E-state index contributed by atoms with van der Waals surface area (Å²) in [5.41, 5.74) is 1.62. The lowest BCUT2D eigenvalue weighted by atomic mass is 10.1. The molecule has 1 aromatic carbocycles. The van der Waals surface area contributed by atoms with Crippen LogP contribution in [0, 0.1) is 5.92 Å². The molecule has 6 nitrogen and oxygen atoms in total. The van der Waals surface area contributed by atoms with Crippen LogP contribution in [-0.2, 0) is 16.0 Å². The average molecular weight is 292 g/mol. The molecule has 6 heteroatoms. The first kappa shape index (κ1) is 15.3. The minimum atomic E-state index is -0.986. The van der Waals surface area contributed by atoms with E-state index in [-0.39, 0.29) is 5.92 Å². The smallest absolute Gasteiger partial charge is 0.326 e. The SMILES string of the molecule is COCCc1ccccc1NC(=O)NC(C(=O)O)C1CC1. The minimum Gasteiger partial charge on any atom is -0.480 e. The second-order valence-electron chi connectivity index (χ2n) is 5.15. The van der Waals surface area contributed by atoms with E-state index in [0.29, 0.717) is 18.7 Å². The Morgan fingerprint density at radius 1 is 1.38 bits per heavy atom. The lowest BCUT2D eigenvalue weighted by Crippen LogP contribution is -2.44. The normalized spacial score (nSPS) is 15.3. The molecule has 114 valence electrons. The summed E-state index contributed by atoms with van der Waals surface area (Å²) in [6, 6.07) is 6.11. The van der Waals surface area contributed by atoms with Gasteiger partial charge in [-0.1, -0.05) is 18.2 Å². The quantitative estimate of drug-likeness (QED) is 0.716. The molecular formula is C15H20N2O4. The van der Waals surface area contributed by atoms with Crippen molar-refractivity contribution in [2.24, 2.45) is 5.92 Å². The van der Waals surface area contributed by atoms with Crippen LogP contribution in [-0.4, -0.2) is 36.9 Å². The number of carboxylic acids is 1. The van der Waals surface area contributed by atoms with Gasteiger partial charge in [0.05, 0.1) is 6.61 Å². The lowest BCUT2D eigenvalue weighted by molar-refractivity contribution is -0.139. The summed E-state index contributed by atoms with van der Waals surface area (Å²) < 4.78 is 5.04. The standard InChI is InChI=1S/C15H20N2O4/c1-21-9-8-10-4-2-3-5-12(10)16-15(20)17-13(14(18)19)11-6-7-11/h2-5,11,13H,6-9H2,1H3,(H,18,19)(H2,16,17,20). The maximum atomic E-state index is 12.0. The third-order valence-corrected chi connectivity index (χ3v) is 3.49. The Bertz CT molecular complexity index is 514. The van der Waals surface area contributed by atoms with Gasteiger partial charge in [0.15, 0.2) is 0 Å². The van der Waals surface area contributed by atoms with Gasteiger partial charge in [-0.25, -0.2) is 9.59 Å². The summed E-state index contributed by atoms with van der Waals surface area (Å²) >= 11 is 0. The summed E-state index contributed by atoms with van der Waals surface area (Å²) in [6.07, 6.45) is 2.38. The highest BCUT2D eigenvalue weighted by molar-refractivity contribution is 5.93. The molecule has 1 fully saturated rings. The second-order valence-corrected chi connectivity index (χ2v) is 5.15. The van der Waals surface area contributed by atoms with E-state index in [1.165, 1.54) is 0 Å². The number of aliphatic carboxylic acids is 1. The Labute approximate surface area is 123 Å². The van der Waals surface area contributed by atoms with Crippen molar-refractivity contribution in [3.63, 3.8) is 0 Å². The molecule has 2 amide bonds. The number of amides is 2. The van der Waals surface area contributed by atoms with E-state index in [0.717, 1.165) is 18.4 Å². The molecule has 1 saturated carbocycles. The van der Waals surface area contributed by atoms with Crippen molar-refractivity contribution in [2.75, 3.05) is 19.0 Å². The topological polar surface area (TPSA) is 87.7 Å². The fourth-order valence-electron chi connectivity index (χ4n) is 2.18. The van der Waals surface area contributed by atoms with Crippen molar-refractivity contribution < 1.29 is 19.4 Å². The maximum absolute atomic E-state index is 12.0. The highest BCUT2D eigenvalue weighted by atomic mass is 16.5. The van der Waals surface area contributed by atoms with Crippen molar-refractivity contribution in [2.45, 2.75) is 25.3 Å². The number of para-hydroxylation sites is 1. The molecular weight excluding hydrogens is 272 g/mol. The lowest BCUT2D eigenvalue weighted by Gasteiger charge is -2.16. The second kappa shape index (κ2) is 7.08. The van der Waals surface area contributed by atoms with E-state index in [2.05, 4.69) is 10.6 Å². The molecule has 1 atom stereocenters. The number of carbonyl (C=O) groups excluding carboxylic acids is 1. The average Bonchev–Trinajstić information content (AvgIpc) is 3.28. The van der Waals surface area contributed by atoms with Gasteiger partial charge >= 0.3 is 12.0 Å². The van der Waals surface area contributed by atoms with Crippen molar-refractivity contribution in [1.82, 2.24) is 5.32 Å². The number of urea groups is 1. The Morgan fingerprint density at radius 3 is 2.71 bits per heavy atom. The van der Waals surface area contributed by atoms with Gasteiger partial charge in [-0.15, -0.1) is 0 Å². The molecule has 1 aromatic rings. The van der Waals surface area contributed by atoms with E-state index >= 15 is 0 Å². The molecule has 0 radical (unpaired) electrons. The fraction of sp³-hybridized carbons (Fsp3) is 0.467. The van der Waals surface area contributed by atoms with Crippen LogP contribution >= 0.6 is 0 Å². The molecule has 0 saturated heterocycles. The molecule has 0 spiro atoms. The molecule has 0 aliphatic heterocycles. The van der Waals surface area contributed by atoms with E-state index in [4.69, 9.17) is 9.84 Å². The zero-order valence-electron chi connectivity index (χ0n) is 12.0. The monoisotopic (exact) mass is 292 g/mol. The summed E-state index contributed by atoms with van der Waals surface area (Å²) in [6.45, 7) is 0.556. The number of carbonyl (C=O) groups is 2. The number of benzene rings is 1. The number of nitrogens with one attached hydrogen (secondary N) is 2. The Hall–Kier alpha value is -2.08. The van der Waals surface area contributed by atoms with Crippen LogP contribution in [0.4, 0.5) is 10.5 Å². The van der Waals surface area contributed by atoms with Gasteiger partial charge in [-0.2, -0.15) is 0 Å². The molecule has 0 bridgehead atoms. The highest BCUT2D eigenvalue weighted by Crippen LogP contribution is 2.32. The van der Waals surface area contributed by atoms with Gasteiger partial charge in [0.2, 0.25) is 0 Å². The zero-order chi connectivity index (χ0) is 15.2. The van der Waals surface area contributed by atoms with Gasteiger partial charge in [0, 0.05) is 12.8 Å². The molecule has 3 N–H and O–H groups in total. The third kappa shape index (κ3) is 4.46. The first-order valence-corrected chi connectivity index (χ1v) is 6.99. The summed E-state index contributed by atoms with van der Waals surface area (Å²) in [7, 11) is 1.62. The first-order chi connectivity index (χ1) is 10.1. The van der Waals surface area contributed by atoms with E-state index in [1.807, 2.05) is 18.2 Å². The predicted molar refractivity (Wildman–Crippen MR) is 78.3 cm³/mol. The van der Waals surface area contributed by atoms with Crippen LogP contribution < -0.4 is 10.6 Å². The van der Waals surface area contributed by atoms with Crippen molar-refractivity contribution in [3.05, 3.63) is 29.8 Å². The van der Waals surface area contributed by atoms with Crippen molar-refractivity contribution in [3.8, 4) is 0 Å². The van der Waals surface area contributed by atoms with Crippen LogP contribution in [0.25, 0.3) is 0 Å². The Balaban J connectivity index is 1.97. The Kier molecular flexibility index (Phi) is 5.16. The minimum absolute atomic E-state index is 0.0528. The van der Waals surface area contributed by atoms with E-state index in [9.17, 15) is 9.59 Å². The molecule has 21 heavy (non-hydrogen) atoms. The van der Waals surface area contributed by atoms with Crippen molar-refractivity contribution >= 4 is 17.7 Å². The van der Waals surface area contributed by atoms with Crippen LogP contribution in [0.3, 0.4) is 0 Å². The number of ether oxygens (including phenoxy) is 1. The zero-order valence-corrected chi connectivity index (χ0v) is 12.0.